The number of carbonyl (C=O) groups excluding carboxylic acids is 1. The molecule has 1 aromatic heterocycles. The molecule has 0 atom stereocenters. The lowest BCUT2D eigenvalue weighted by atomic mass is 10.2. The van der Waals surface area contributed by atoms with Gasteiger partial charge in [-0.15, -0.1) is 0 Å². The Labute approximate surface area is 222 Å². The van der Waals surface area contributed by atoms with E-state index in [4.69, 9.17) is 11.6 Å². The summed E-state index contributed by atoms with van der Waals surface area (Å²) in [6, 6.07) is 25.3. The van der Waals surface area contributed by atoms with E-state index in [-0.39, 0.29) is 6.54 Å². The van der Waals surface area contributed by atoms with Crippen molar-refractivity contribution in [2.75, 3.05) is 10.6 Å². The van der Waals surface area contributed by atoms with Gasteiger partial charge in [0.05, 0.1) is 24.7 Å². The van der Waals surface area contributed by atoms with E-state index < -0.39 is 15.9 Å². The number of aromatic nitrogens is 1. The molecule has 0 radical (unpaired) electrons. The van der Waals surface area contributed by atoms with Gasteiger partial charge in [-0.25, -0.2) is 13.8 Å². The zero-order valence-corrected chi connectivity index (χ0v) is 22.3. The van der Waals surface area contributed by atoms with E-state index in [1.807, 2.05) is 74.5 Å². The van der Waals surface area contributed by atoms with Crippen LogP contribution in [-0.2, 0) is 16.6 Å². The van der Waals surface area contributed by atoms with Crippen LogP contribution in [0.4, 0.5) is 5.69 Å². The van der Waals surface area contributed by atoms with Gasteiger partial charge >= 0.3 is 0 Å². The fraction of sp³-hybridized carbons (Fsp3) is 0.143. The van der Waals surface area contributed by atoms with E-state index in [0.717, 1.165) is 34.5 Å². The Kier molecular flexibility index (Phi) is 7.80. The Morgan fingerprint density at radius 3 is 2.27 bits per heavy atom. The molecular formula is C28H27ClN4O3S. The number of aryl methyl sites for hydroxylation is 1. The second-order valence-corrected chi connectivity index (χ2v) is 11.0. The molecule has 1 amide bonds. The number of benzene rings is 3. The number of rotatable bonds is 8. The molecule has 4 rings (SSSR count). The van der Waals surface area contributed by atoms with Crippen LogP contribution in [-0.4, -0.2) is 31.4 Å². The zero-order valence-electron chi connectivity index (χ0n) is 20.7. The number of nitrogens with zero attached hydrogens (tertiary/aromatic N) is 3. The van der Waals surface area contributed by atoms with Gasteiger partial charge in [-0.1, -0.05) is 41.9 Å². The Morgan fingerprint density at radius 1 is 1.00 bits per heavy atom. The van der Waals surface area contributed by atoms with Crippen molar-refractivity contribution < 1.29 is 13.2 Å². The highest BCUT2D eigenvalue weighted by Crippen LogP contribution is 2.22. The SMILES string of the molecule is Cc1cc(/C=N\NC(=O)c2ccc(N(Cc3ccccc3)S(C)(=O)=O)cc2)c(C)n1-c1ccc(Cl)cc1. The predicted octanol–water partition coefficient (Wildman–Crippen LogP) is 5.48. The van der Waals surface area contributed by atoms with Crippen molar-refractivity contribution >= 4 is 39.4 Å². The second kappa shape index (κ2) is 11.0. The molecule has 0 aliphatic carbocycles. The molecule has 3 aromatic carbocycles. The van der Waals surface area contributed by atoms with Crippen molar-refractivity contribution in [1.82, 2.24) is 9.99 Å². The molecule has 0 saturated heterocycles. The van der Waals surface area contributed by atoms with Crippen molar-refractivity contribution in [2.24, 2.45) is 5.10 Å². The fourth-order valence-corrected chi connectivity index (χ4v) is 5.07. The average molecular weight is 535 g/mol. The van der Waals surface area contributed by atoms with E-state index in [9.17, 15) is 13.2 Å². The lowest BCUT2D eigenvalue weighted by molar-refractivity contribution is 0.0955. The van der Waals surface area contributed by atoms with Gasteiger partial charge in [0.15, 0.2) is 0 Å². The number of amides is 1. The smallest absolute Gasteiger partial charge is 0.271 e. The summed E-state index contributed by atoms with van der Waals surface area (Å²) in [5.74, 6) is -0.400. The summed E-state index contributed by atoms with van der Waals surface area (Å²) in [5.41, 5.74) is 8.09. The third-order valence-corrected chi connectivity index (χ3v) is 7.30. The molecule has 0 aliphatic heterocycles. The highest BCUT2D eigenvalue weighted by atomic mass is 35.5. The maximum atomic E-state index is 12.6. The summed E-state index contributed by atoms with van der Waals surface area (Å²) < 4.78 is 28.2. The number of anilines is 1. The maximum Gasteiger partial charge on any atom is 0.271 e. The Balaban J connectivity index is 1.46. The molecule has 190 valence electrons. The molecule has 0 unspecified atom stereocenters. The summed E-state index contributed by atoms with van der Waals surface area (Å²) >= 11 is 6.01. The summed E-state index contributed by atoms with van der Waals surface area (Å²) in [6.45, 7) is 4.17. The van der Waals surface area contributed by atoms with Crippen molar-refractivity contribution in [3.63, 3.8) is 0 Å². The third kappa shape index (κ3) is 6.28. The number of hydrazone groups is 1. The quantitative estimate of drug-likeness (QED) is 0.240. The van der Waals surface area contributed by atoms with Crippen LogP contribution in [0.5, 0.6) is 0 Å². The minimum atomic E-state index is -3.52. The molecule has 1 N–H and O–H groups in total. The lowest BCUT2D eigenvalue weighted by Gasteiger charge is -2.22. The molecule has 4 aromatic rings. The minimum Gasteiger partial charge on any atom is -0.318 e. The molecule has 7 nitrogen and oxygen atoms in total. The van der Waals surface area contributed by atoms with Crippen molar-refractivity contribution in [3.05, 3.63) is 118 Å². The normalized spacial score (nSPS) is 11.6. The molecule has 1 heterocycles. The van der Waals surface area contributed by atoms with Gasteiger partial charge in [0.2, 0.25) is 10.0 Å². The van der Waals surface area contributed by atoms with Gasteiger partial charge in [0.25, 0.3) is 5.91 Å². The standard InChI is InChI=1S/C28H27ClN4O3S/c1-20-17-24(21(2)33(20)27-15-11-25(29)12-16-27)18-30-31-28(34)23-9-13-26(14-10-23)32(37(3,35)36)19-22-7-5-4-6-8-22/h4-18H,19H2,1-3H3,(H,31,34)/b30-18-. The number of sulfonamides is 1. The first-order valence-electron chi connectivity index (χ1n) is 11.5. The third-order valence-electron chi connectivity index (χ3n) is 5.91. The summed E-state index contributed by atoms with van der Waals surface area (Å²) in [7, 11) is -3.52. The minimum absolute atomic E-state index is 0.198. The number of hydrogen-bond donors (Lipinski definition) is 1. The van der Waals surface area contributed by atoms with Crippen LogP contribution >= 0.6 is 11.6 Å². The zero-order chi connectivity index (χ0) is 26.6. The van der Waals surface area contributed by atoms with Gasteiger partial charge < -0.3 is 4.57 Å². The van der Waals surface area contributed by atoms with Gasteiger partial charge in [-0.3, -0.25) is 9.10 Å². The summed E-state index contributed by atoms with van der Waals surface area (Å²) in [6.07, 6.45) is 2.77. The van der Waals surface area contributed by atoms with Crippen LogP contribution in [0.1, 0.15) is 32.9 Å². The van der Waals surface area contributed by atoms with Crippen molar-refractivity contribution in [1.29, 1.82) is 0 Å². The first kappa shape index (κ1) is 26.2. The first-order valence-corrected chi connectivity index (χ1v) is 13.8. The lowest BCUT2D eigenvalue weighted by Crippen LogP contribution is -2.29. The van der Waals surface area contributed by atoms with E-state index in [1.165, 1.54) is 4.31 Å². The summed E-state index contributed by atoms with van der Waals surface area (Å²) in [4.78, 5) is 12.6. The van der Waals surface area contributed by atoms with E-state index in [0.29, 0.717) is 16.3 Å². The van der Waals surface area contributed by atoms with E-state index in [1.54, 1.807) is 30.5 Å². The first-order chi connectivity index (χ1) is 17.6. The molecule has 37 heavy (non-hydrogen) atoms. The topological polar surface area (TPSA) is 83.8 Å². The number of nitrogens with one attached hydrogen (secondary N) is 1. The van der Waals surface area contributed by atoms with Crippen molar-refractivity contribution in [2.45, 2.75) is 20.4 Å². The second-order valence-electron chi connectivity index (χ2n) is 8.64. The summed E-state index contributed by atoms with van der Waals surface area (Å²) in [5, 5.41) is 4.80. The number of halogens is 1. The fourth-order valence-electron chi connectivity index (χ4n) is 4.06. The molecule has 0 aliphatic rings. The Bertz CT molecular complexity index is 1530. The number of carbonyl (C=O) groups is 1. The van der Waals surface area contributed by atoms with E-state index >= 15 is 0 Å². The Hall–Kier alpha value is -3.88. The average Bonchev–Trinajstić information content (AvgIpc) is 3.16. The largest absolute Gasteiger partial charge is 0.318 e. The molecular weight excluding hydrogens is 508 g/mol. The molecule has 0 fully saturated rings. The highest BCUT2D eigenvalue weighted by Gasteiger charge is 2.18. The van der Waals surface area contributed by atoms with Crippen LogP contribution in [0.25, 0.3) is 5.69 Å². The molecule has 0 saturated carbocycles. The highest BCUT2D eigenvalue weighted by molar-refractivity contribution is 7.92. The van der Waals surface area contributed by atoms with Crippen LogP contribution in [0.15, 0.2) is 90.0 Å². The van der Waals surface area contributed by atoms with Crippen LogP contribution in [0, 0.1) is 13.8 Å². The van der Waals surface area contributed by atoms with Gasteiger partial charge in [0, 0.05) is 33.2 Å². The van der Waals surface area contributed by atoms with Gasteiger partial charge in [0.1, 0.15) is 0 Å². The predicted molar refractivity (Wildman–Crippen MR) is 149 cm³/mol. The molecule has 0 spiro atoms. The number of hydrogen-bond acceptors (Lipinski definition) is 4. The molecule has 9 heteroatoms. The van der Waals surface area contributed by atoms with Crippen LogP contribution < -0.4 is 9.73 Å². The monoisotopic (exact) mass is 534 g/mol. The van der Waals surface area contributed by atoms with Crippen LogP contribution in [0.2, 0.25) is 5.02 Å². The van der Waals surface area contributed by atoms with Gasteiger partial charge in [-0.05, 0) is 74.0 Å². The Morgan fingerprint density at radius 2 is 1.65 bits per heavy atom. The molecule has 0 bridgehead atoms. The van der Waals surface area contributed by atoms with E-state index in [2.05, 4.69) is 15.1 Å². The van der Waals surface area contributed by atoms with Gasteiger partial charge in [-0.2, -0.15) is 5.10 Å². The maximum absolute atomic E-state index is 12.6. The van der Waals surface area contributed by atoms with Crippen molar-refractivity contribution in [3.8, 4) is 5.69 Å². The van der Waals surface area contributed by atoms with Crippen LogP contribution in [0.3, 0.4) is 0 Å².